The topological polar surface area (TPSA) is 32.5 Å². The fourth-order valence-corrected chi connectivity index (χ4v) is 3.14. The van der Waals surface area contributed by atoms with E-state index in [0.717, 1.165) is 13.1 Å². The molecule has 2 heterocycles. The molecule has 0 aromatic carbocycles. The number of hydrogen-bond acceptors (Lipinski definition) is 4. The zero-order valence-corrected chi connectivity index (χ0v) is 10.9. The molecular formula is C12H21N3S. The van der Waals surface area contributed by atoms with Crippen molar-refractivity contribution in [3.8, 4) is 0 Å². The van der Waals surface area contributed by atoms with E-state index < -0.39 is 0 Å². The van der Waals surface area contributed by atoms with Gasteiger partial charge in [-0.15, -0.1) is 0 Å². The lowest BCUT2D eigenvalue weighted by Gasteiger charge is -2.27. The molecule has 0 aliphatic carbocycles. The third-order valence-corrected chi connectivity index (χ3v) is 4.22. The van der Waals surface area contributed by atoms with Crippen LogP contribution in [0.2, 0.25) is 0 Å². The Kier molecular flexibility index (Phi) is 3.97. The maximum Gasteiger partial charge on any atom is 0.0479 e. The summed E-state index contributed by atoms with van der Waals surface area (Å²) in [6.07, 6.45) is 1.26. The van der Waals surface area contributed by atoms with Crippen molar-refractivity contribution in [3.63, 3.8) is 0 Å². The third kappa shape index (κ3) is 2.46. The highest BCUT2D eigenvalue weighted by Crippen LogP contribution is 2.26. The molecule has 2 N–H and O–H groups in total. The average Bonchev–Trinajstić information content (AvgIpc) is 2.88. The van der Waals surface area contributed by atoms with E-state index in [0.29, 0.717) is 12.1 Å². The first-order chi connectivity index (χ1) is 7.72. The Morgan fingerprint density at radius 1 is 1.62 bits per heavy atom. The Hall–Kier alpha value is -0.420. The highest BCUT2D eigenvalue weighted by Gasteiger charge is 2.29. The van der Waals surface area contributed by atoms with Gasteiger partial charge in [0, 0.05) is 31.7 Å². The second-order valence-corrected chi connectivity index (χ2v) is 5.49. The molecule has 0 saturated carbocycles. The quantitative estimate of drug-likeness (QED) is 0.861. The van der Waals surface area contributed by atoms with Gasteiger partial charge >= 0.3 is 0 Å². The zero-order valence-electron chi connectivity index (χ0n) is 10.1. The predicted octanol–water partition coefficient (Wildman–Crippen LogP) is 1.38. The van der Waals surface area contributed by atoms with Crippen LogP contribution in [-0.4, -0.2) is 49.6 Å². The first-order valence-corrected chi connectivity index (χ1v) is 6.79. The Labute approximate surface area is 102 Å². The van der Waals surface area contributed by atoms with Gasteiger partial charge in [-0.1, -0.05) is 0 Å². The van der Waals surface area contributed by atoms with E-state index in [2.05, 4.69) is 40.7 Å². The van der Waals surface area contributed by atoms with Crippen molar-refractivity contribution in [1.29, 1.82) is 0 Å². The van der Waals surface area contributed by atoms with Gasteiger partial charge in [-0.3, -0.25) is 4.90 Å². The maximum atomic E-state index is 5.91. The van der Waals surface area contributed by atoms with Crippen LogP contribution in [0.5, 0.6) is 0 Å². The van der Waals surface area contributed by atoms with Gasteiger partial charge in [0.1, 0.15) is 0 Å². The normalized spacial score (nSPS) is 24.1. The summed E-state index contributed by atoms with van der Waals surface area (Å²) in [5.74, 6) is 0. The Bertz CT molecular complexity index is 310. The number of rotatable bonds is 4. The molecule has 2 unspecified atom stereocenters. The smallest absolute Gasteiger partial charge is 0.0479 e. The number of nitrogens with zero attached hydrogens (tertiary/aromatic N) is 2. The molecule has 1 saturated heterocycles. The zero-order chi connectivity index (χ0) is 11.5. The van der Waals surface area contributed by atoms with E-state index in [1.165, 1.54) is 18.5 Å². The summed E-state index contributed by atoms with van der Waals surface area (Å²) in [4.78, 5) is 4.84. The molecule has 0 amide bonds. The minimum atomic E-state index is 0.413. The number of likely N-dealkylation sites (tertiary alicyclic amines) is 1. The largest absolute Gasteiger partial charge is 0.329 e. The van der Waals surface area contributed by atoms with Crippen LogP contribution in [-0.2, 0) is 0 Å². The maximum absolute atomic E-state index is 5.91. The van der Waals surface area contributed by atoms with Gasteiger partial charge in [0.05, 0.1) is 0 Å². The molecule has 1 fully saturated rings. The molecular weight excluding hydrogens is 218 g/mol. The van der Waals surface area contributed by atoms with Gasteiger partial charge in [-0.2, -0.15) is 11.3 Å². The Morgan fingerprint density at radius 2 is 2.44 bits per heavy atom. The third-order valence-electron chi connectivity index (χ3n) is 3.52. The summed E-state index contributed by atoms with van der Waals surface area (Å²) >= 11 is 1.76. The number of likely N-dealkylation sites (N-methyl/N-ethyl adjacent to an activating group) is 1. The average molecular weight is 239 g/mol. The first kappa shape index (κ1) is 12.0. The van der Waals surface area contributed by atoms with Gasteiger partial charge in [-0.05, 0) is 42.9 Å². The Morgan fingerprint density at radius 3 is 2.94 bits per heavy atom. The molecule has 90 valence electrons. The molecule has 1 aromatic rings. The highest BCUT2D eigenvalue weighted by molar-refractivity contribution is 7.07. The molecule has 2 rings (SSSR count). The lowest BCUT2D eigenvalue weighted by atomic mass is 10.1. The van der Waals surface area contributed by atoms with Crippen LogP contribution < -0.4 is 5.73 Å². The van der Waals surface area contributed by atoms with E-state index in [4.69, 9.17) is 5.73 Å². The van der Waals surface area contributed by atoms with Crippen LogP contribution in [0.3, 0.4) is 0 Å². The summed E-state index contributed by atoms with van der Waals surface area (Å²) in [5.41, 5.74) is 7.30. The van der Waals surface area contributed by atoms with E-state index in [-0.39, 0.29) is 0 Å². The van der Waals surface area contributed by atoms with Crippen LogP contribution >= 0.6 is 11.3 Å². The molecule has 1 aromatic heterocycles. The van der Waals surface area contributed by atoms with E-state index in [9.17, 15) is 0 Å². The van der Waals surface area contributed by atoms with Gasteiger partial charge < -0.3 is 10.6 Å². The number of nitrogens with two attached hydrogens (primary N) is 1. The van der Waals surface area contributed by atoms with Crippen molar-refractivity contribution in [2.75, 3.05) is 33.7 Å². The minimum Gasteiger partial charge on any atom is -0.329 e. The standard InChI is InChI=1S/C12H21N3S/c1-14(2)11-3-5-15(8-11)12(7-13)10-4-6-16-9-10/h4,6,9,11-12H,3,5,7-8,13H2,1-2H3. The number of hydrogen-bond donors (Lipinski definition) is 1. The van der Waals surface area contributed by atoms with E-state index in [1.54, 1.807) is 11.3 Å². The summed E-state index contributed by atoms with van der Waals surface area (Å²) in [7, 11) is 4.33. The first-order valence-electron chi connectivity index (χ1n) is 5.85. The van der Waals surface area contributed by atoms with E-state index in [1.807, 2.05) is 0 Å². The van der Waals surface area contributed by atoms with Crippen LogP contribution in [0.4, 0.5) is 0 Å². The molecule has 16 heavy (non-hydrogen) atoms. The monoisotopic (exact) mass is 239 g/mol. The fraction of sp³-hybridized carbons (Fsp3) is 0.667. The summed E-state index contributed by atoms with van der Waals surface area (Å²) < 4.78 is 0. The van der Waals surface area contributed by atoms with Crippen molar-refractivity contribution in [2.45, 2.75) is 18.5 Å². The van der Waals surface area contributed by atoms with Crippen LogP contribution in [0, 0.1) is 0 Å². The van der Waals surface area contributed by atoms with Crippen molar-refractivity contribution < 1.29 is 0 Å². The van der Waals surface area contributed by atoms with Gasteiger partial charge in [0.2, 0.25) is 0 Å². The van der Waals surface area contributed by atoms with Crippen molar-refractivity contribution in [3.05, 3.63) is 22.4 Å². The highest BCUT2D eigenvalue weighted by atomic mass is 32.1. The van der Waals surface area contributed by atoms with Crippen LogP contribution in [0.1, 0.15) is 18.0 Å². The van der Waals surface area contributed by atoms with Gasteiger partial charge in [0.25, 0.3) is 0 Å². The molecule has 2 atom stereocenters. The minimum absolute atomic E-state index is 0.413. The van der Waals surface area contributed by atoms with E-state index >= 15 is 0 Å². The van der Waals surface area contributed by atoms with Gasteiger partial charge in [-0.25, -0.2) is 0 Å². The number of thiophene rings is 1. The summed E-state index contributed by atoms with van der Waals surface area (Å²) in [6.45, 7) is 3.03. The van der Waals surface area contributed by atoms with Gasteiger partial charge in [0.15, 0.2) is 0 Å². The summed E-state index contributed by atoms with van der Waals surface area (Å²) in [6, 6.07) is 3.30. The molecule has 1 aliphatic heterocycles. The van der Waals surface area contributed by atoms with Crippen molar-refractivity contribution in [1.82, 2.24) is 9.80 Å². The second kappa shape index (κ2) is 5.27. The van der Waals surface area contributed by atoms with Crippen molar-refractivity contribution in [2.24, 2.45) is 5.73 Å². The molecule has 0 radical (unpaired) electrons. The molecule has 1 aliphatic rings. The Balaban J connectivity index is 2.02. The predicted molar refractivity (Wildman–Crippen MR) is 69.8 cm³/mol. The molecule has 4 heteroatoms. The van der Waals surface area contributed by atoms with Crippen molar-refractivity contribution >= 4 is 11.3 Å². The fourth-order valence-electron chi connectivity index (χ4n) is 2.43. The molecule has 0 spiro atoms. The molecule has 0 bridgehead atoms. The lowest BCUT2D eigenvalue weighted by Crippen LogP contribution is -2.35. The lowest BCUT2D eigenvalue weighted by molar-refractivity contribution is 0.221. The SMILES string of the molecule is CN(C)C1CCN(C(CN)c2ccsc2)C1. The second-order valence-electron chi connectivity index (χ2n) is 4.71. The summed E-state index contributed by atoms with van der Waals surface area (Å²) in [5, 5.41) is 4.36. The van der Waals surface area contributed by atoms with Crippen LogP contribution in [0.25, 0.3) is 0 Å². The van der Waals surface area contributed by atoms with Crippen LogP contribution in [0.15, 0.2) is 16.8 Å². The molecule has 3 nitrogen and oxygen atoms in total.